The van der Waals surface area contributed by atoms with Crippen molar-refractivity contribution in [2.24, 2.45) is 0 Å². The molecule has 0 aliphatic carbocycles. The van der Waals surface area contributed by atoms with Crippen LogP contribution >= 0.6 is 0 Å². The van der Waals surface area contributed by atoms with Gasteiger partial charge in [-0.1, -0.05) is 146 Å². The van der Waals surface area contributed by atoms with Crippen LogP contribution in [0.15, 0.2) is 158 Å². The molecule has 6 nitrogen and oxygen atoms in total. The minimum absolute atomic E-state index is 0.623. The normalized spacial score (nSPS) is 11.0. The summed E-state index contributed by atoms with van der Waals surface area (Å²) in [5.74, 6) is 3.99. The summed E-state index contributed by atoms with van der Waals surface area (Å²) in [6, 6.07) is 54.1. The van der Waals surface area contributed by atoms with E-state index in [4.69, 9.17) is 15.0 Å². The molecule has 0 spiro atoms. The SMILES string of the molecule is Cc1nc(C)nc(-c2cccc(-c3ccccc3-c3ccccc3-c3cccc(-c4nc(-c5ccccc5)nc(-c5ccccc5)n4)c3)c2)n1. The molecule has 6 aromatic carbocycles. The van der Waals surface area contributed by atoms with Gasteiger partial charge >= 0.3 is 0 Å². The summed E-state index contributed by atoms with van der Waals surface area (Å²) >= 11 is 0. The summed E-state index contributed by atoms with van der Waals surface area (Å²) in [6.07, 6.45) is 0. The lowest BCUT2D eigenvalue weighted by atomic mass is 9.88. The Hall–Kier alpha value is -6.66. The summed E-state index contributed by atoms with van der Waals surface area (Å²) in [7, 11) is 0. The Kier molecular flexibility index (Phi) is 8.25. The van der Waals surface area contributed by atoms with Crippen molar-refractivity contribution in [1.29, 1.82) is 0 Å². The predicted octanol–water partition coefficient (Wildman–Crippen LogP) is 10.3. The Balaban J connectivity index is 1.22. The quantitative estimate of drug-likeness (QED) is 0.172. The van der Waals surface area contributed by atoms with Gasteiger partial charge in [-0.05, 0) is 59.4 Å². The van der Waals surface area contributed by atoms with Crippen molar-refractivity contribution in [3.8, 4) is 78.9 Å². The smallest absolute Gasteiger partial charge is 0.164 e. The molecule has 0 atom stereocenters. The number of nitrogens with zero attached hydrogens (tertiary/aromatic N) is 6. The third-order valence-electron chi connectivity index (χ3n) is 8.57. The highest BCUT2D eigenvalue weighted by molar-refractivity contribution is 5.92. The molecule has 50 heavy (non-hydrogen) atoms. The Bertz CT molecular complexity index is 2380. The largest absolute Gasteiger partial charge is 0.219 e. The highest BCUT2D eigenvalue weighted by Crippen LogP contribution is 2.39. The van der Waals surface area contributed by atoms with Crippen LogP contribution in [0, 0.1) is 13.8 Å². The molecule has 0 amide bonds. The minimum Gasteiger partial charge on any atom is -0.219 e. The Morgan fingerprint density at radius 2 is 0.580 bits per heavy atom. The standard InChI is InChI=1S/C44H32N6/c1-29-45-30(2)47-43(46-29)35-21-13-19-33(27-35)37-23-9-11-25-39(37)40-26-12-10-24-38(40)34-20-14-22-36(28-34)44-49-41(31-15-5-3-6-16-31)48-42(50-44)32-17-7-4-8-18-32/h3-28H,1-2H3. The van der Waals surface area contributed by atoms with Gasteiger partial charge in [0.05, 0.1) is 0 Å². The van der Waals surface area contributed by atoms with Gasteiger partial charge in [0.15, 0.2) is 23.3 Å². The first-order valence-corrected chi connectivity index (χ1v) is 16.6. The predicted molar refractivity (Wildman–Crippen MR) is 201 cm³/mol. The van der Waals surface area contributed by atoms with E-state index in [9.17, 15) is 0 Å². The molecule has 0 bridgehead atoms. The van der Waals surface area contributed by atoms with Crippen LogP contribution in [0.3, 0.4) is 0 Å². The number of benzene rings is 6. The van der Waals surface area contributed by atoms with Crippen LogP contribution < -0.4 is 0 Å². The van der Waals surface area contributed by atoms with Gasteiger partial charge in [0.25, 0.3) is 0 Å². The average molecular weight is 645 g/mol. The molecule has 238 valence electrons. The van der Waals surface area contributed by atoms with Crippen LogP contribution in [0.1, 0.15) is 11.6 Å². The fourth-order valence-corrected chi connectivity index (χ4v) is 6.27. The molecule has 0 unspecified atom stereocenters. The maximum Gasteiger partial charge on any atom is 0.164 e. The van der Waals surface area contributed by atoms with Crippen LogP contribution in [0.5, 0.6) is 0 Å². The lowest BCUT2D eigenvalue weighted by molar-refractivity contribution is 0.928. The maximum atomic E-state index is 4.98. The number of hydrogen-bond donors (Lipinski definition) is 0. The molecule has 0 aliphatic rings. The van der Waals surface area contributed by atoms with Gasteiger partial charge in [0.1, 0.15) is 11.6 Å². The Labute approximate surface area is 291 Å². The molecular weight excluding hydrogens is 613 g/mol. The number of aromatic nitrogens is 6. The second kappa shape index (κ2) is 13.5. The highest BCUT2D eigenvalue weighted by atomic mass is 15.0. The zero-order valence-corrected chi connectivity index (χ0v) is 27.7. The van der Waals surface area contributed by atoms with Crippen LogP contribution in [0.25, 0.3) is 78.9 Å². The van der Waals surface area contributed by atoms with Gasteiger partial charge in [-0.15, -0.1) is 0 Å². The van der Waals surface area contributed by atoms with E-state index < -0.39 is 0 Å². The molecule has 0 N–H and O–H groups in total. The van der Waals surface area contributed by atoms with E-state index in [0.717, 1.165) is 55.6 Å². The number of aryl methyl sites for hydroxylation is 2. The zero-order valence-electron chi connectivity index (χ0n) is 27.7. The molecule has 2 heterocycles. The van der Waals surface area contributed by atoms with E-state index in [1.54, 1.807) is 0 Å². The first kappa shape index (κ1) is 30.7. The molecule has 6 heteroatoms. The topological polar surface area (TPSA) is 77.3 Å². The first-order valence-electron chi connectivity index (χ1n) is 16.6. The maximum absolute atomic E-state index is 4.98. The van der Waals surface area contributed by atoms with Gasteiger partial charge in [-0.25, -0.2) is 29.9 Å². The van der Waals surface area contributed by atoms with E-state index >= 15 is 0 Å². The van der Waals surface area contributed by atoms with Crippen molar-refractivity contribution < 1.29 is 0 Å². The first-order chi connectivity index (χ1) is 24.6. The van der Waals surface area contributed by atoms with Crippen molar-refractivity contribution >= 4 is 0 Å². The fourth-order valence-electron chi connectivity index (χ4n) is 6.27. The molecular formula is C44H32N6. The van der Waals surface area contributed by atoms with Gasteiger partial charge in [0.2, 0.25) is 0 Å². The molecule has 0 radical (unpaired) electrons. The van der Waals surface area contributed by atoms with E-state index in [2.05, 4.69) is 106 Å². The molecule has 8 rings (SSSR count). The third kappa shape index (κ3) is 6.30. The second-order valence-electron chi connectivity index (χ2n) is 12.0. The van der Waals surface area contributed by atoms with Gasteiger partial charge < -0.3 is 0 Å². The van der Waals surface area contributed by atoms with E-state index in [1.165, 1.54) is 0 Å². The van der Waals surface area contributed by atoms with Crippen molar-refractivity contribution in [1.82, 2.24) is 29.9 Å². The van der Waals surface area contributed by atoms with Gasteiger partial charge in [0, 0.05) is 22.3 Å². The number of hydrogen-bond acceptors (Lipinski definition) is 6. The van der Waals surface area contributed by atoms with Crippen LogP contribution in [0.2, 0.25) is 0 Å². The van der Waals surface area contributed by atoms with Crippen molar-refractivity contribution in [2.75, 3.05) is 0 Å². The third-order valence-corrected chi connectivity index (χ3v) is 8.57. The monoisotopic (exact) mass is 644 g/mol. The van der Waals surface area contributed by atoms with Gasteiger partial charge in [-0.2, -0.15) is 0 Å². The van der Waals surface area contributed by atoms with Crippen LogP contribution in [-0.2, 0) is 0 Å². The highest BCUT2D eigenvalue weighted by Gasteiger charge is 2.16. The molecule has 0 saturated heterocycles. The average Bonchev–Trinajstić information content (AvgIpc) is 3.18. The lowest BCUT2D eigenvalue weighted by Crippen LogP contribution is -2.00. The van der Waals surface area contributed by atoms with Crippen molar-refractivity contribution in [2.45, 2.75) is 13.8 Å². The lowest BCUT2D eigenvalue weighted by Gasteiger charge is -2.16. The van der Waals surface area contributed by atoms with Crippen molar-refractivity contribution in [3.05, 3.63) is 169 Å². The molecule has 8 aromatic rings. The van der Waals surface area contributed by atoms with E-state index in [-0.39, 0.29) is 0 Å². The summed E-state index contributed by atoms with van der Waals surface area (Å²) in [4.78, 5) is 28.4. The molecule has 2 aromatic heterocycles. The Morgan fingerprint density at radius 3 is 1.02 bits per heavy atom. The summed E-state index contributed by atoms with van der Waals surface area (Å²) in [6.45, 7) is 3.79. The van der Waals surface area contributed by atoms with E-state index in [1.807, 2.05) is 80.6 Å². The molecule has 0 aliphatic heterocycles. The summed E-state index contributed by atoms with van der Waals surface area (Å²) in [5, 5.41) is 0. The van der Waals surface area contributed by atoms with Crippen LogP contribution in [0.4, 0.5) is 0 Å². The fraction of sp³-hybridized carbons (Fsp3) is 0.0455. The minimum atomic E-state index is 0.623. The Morgan fingerprint density at radius 1 is 0.260 bits per heavy atom. The summed E-state index contributed by atoms with van der Waals surface area (Å²) in [5.41, 5.74) is 10.4. The van der Waals surface area contributed by atoms with Crippen LogP contribution in [-0.4, -0.2) is 29.9 Å². The summed E-state index contributed by atoms with van der Waals surface area (Å²) < 4.78 is 0. The molecule has 0 saturated carbocycles. The zero-order chi connectivity index (χ0) is 33.9. The second-order valence-corrected chi connectivity index (χ2v) is 12.0. The van der Waals surface area contributed by atoms with Crippen molar-refractivity contribution in [3.63, 3.8) is 0 Å². The molecule has 0 fully saturated rings. The van der Waals surface area contributed by atoms with Gasteiger partial charge in [-0.3, -0.25) is 0 Å². The number of rotatable bonds is 7. The van der Waals surface area contributed by atoms with E-state index in [0.29, 0.717) is 34.9 Å².